The van der Waals surface area contributed by atoms with Crippen LogP contribution in [0.5, 0.6) is 5.75 Å². The largest absolute Gasteiger partial charge is 0.493 e. The summed E-state index contributed by atoms with van der Waals surface area (Å²) in [5.41, 5.74) is 0.285. The molecule has 4 aromatic rings. The predicted molar refractivity (Wildman–Crippen MR) is 172 cm³/mol. The number of carbonyl (C=O) groups excluding carboxylic acids is 2. The second kappa shape index (κ2) is 13.8. The molecular formula is C31H31ClF3N9O5. The van der Waals surface area contributed by atoms with Crippen LogP contribution in [0.15, 0.2) is 41.6 Å². The average molecular weight is 702 g/mol. The van der Waals surface area contributed by atoms with E-state index in [2.05, 4.69) is 25.4 Å². The van der Waals surface area contributed by atoms with Crippen LogP contribution < -0.4 is 20.5 Å². The third kappa shape index (κ3) is 6.80. The number of hydrogen-bond acceptors (Lipinski definition) is 10. The number of halogens is 4. The van der Waals surface area contributed by atoms with Crippen LogP contribution in [-0.4, -0.2) is 92.3 Å². The Hall–Kier alpha value is -5.03. The van der Waals surface area contributed by atoms with Gasteiger partial charge in [-0.05, 0) is 36.6 Å². The summed E-state index contributed by atoms with van der Waals surface area (Å²) in [6.45, 7) is 3.37. The van der Waals surface area contributed by atoms with Crippen molar-refractivity contribution in [1.82, 2.24) is 34.0 Å². The van der Waals surface area contributed by atoms with Crippen LogP contribution in [0.1, 0.15) is 40.9 Å². The van der Waals surface area contributed by atoms with E-state index < -0.39 is 23.2 Å². The summed E-state index contributed by atoms with van der Waals surface area (Å²) in [7, 11) is 1.42. The third-order valence-corrected chi connectivity index (χ3v) is 8.58. The van der Waals surface area contributed by atoms with Gasteiger partial charge in [-0.1, -0.05) is 24.6 Å². The van der Waals surface area contributed by atoms with Crippen molar-refractivity contribution in [1.29, 1.82) is 0 Å². The van der Waals surface area contributed by atoms with Gasteiger partial charge in [0.15, 0.2) is 17.3 Å². The first kappa shape index (κ1) is 33.9. The van der Waals surface area contributed by atoms with Crippen LogP contribution >= 0.6 is 11.6 Å². The van der Waals surface area contributed by atoms with Gasteiger partial charge in [-0.2, -0.15) is 22.7 Å². The summed E-state index contributed by atoms with van der Waals surface area (Å²) >= 11 is 6.11. The maximum atomic E-state index is 14.1. The van der Waals surface area contributed by atoms with Gasteiger partial charge >= 0.3 is 6.18 Å². The molecule has 18 heteroatoms. The molecule has 0 unspecified atom stereocenters. The third-order valence-electron chi connectivity index (χ3n) is 8.27. The molecule has 0 atom stereocenters. The van der Waals surface area contributed by atoms with Crippen LogP contribution in [0.4, 0.5) is 24.5 Å². The van der Waals surface area contributed by atoms with Gasteiger partial charge in [0.2, 0.25) is 11.7 Å². The molecule has 0 saturated carbocycles. The number of nitrogens with one attached hydrogen (secondary N) is 1. The first-order valence-electron chi connectivity index (χ1n) is 15.3. The molecule has 2 aliphatic rings. The number of amides is 2. The molecule has 1 aromatic carbocycles. The Morgan fingerprint density at radius 2 is 1.94 bits per heavy atom. The van der Waals surface area contributed by atoms with E-state index in [9.17, 15) is 27.6 Å². The normalized spacial score (nSPS) is 15.3. The summed E-state index contributed by atoms with van der Waals surface area (Å²) < 4.78 is 52.9. The lowest BCUT2D eigenvalue weighted by atomic mass is 10.1. The number of fused-ring (bicyclic) bond motifs is 1. The zero-order valence-electron chi connectivity index (χ0n) is 26.5. The molecule has 1 N–H and O–H groups in total. The molecule has 1 fully saturated rings. The fraction of sp³-hybridized carbons (Fsp3) is 0.387. The Balaban J connectivity index is 1.34. The summed E-state index contributed by atoms with van der Waals surface area (Å²) in [5, 5.41) is 6.83. The van der Waals surface area contributed by atoms with E-state index in [0.717, 1.165) is 28.3 Å². The number of hydrogen-bond donors (Lipinski definition) is 1. The Morgan fingerprint density at radius 1 is 1.16 bits per heavy atom. The number of benzene rings is 1. The number of aromatic nitrogens is 6. The summed E-state index contributed by atoms with van der Waals surface area (Å²) in [6.07, 6.45) is 0.738. The summed E-state index contributed by atoms with van der Waals surface area (Å²) in [5.74, 6) is -0.280. The number of nitrogens with zero attached hydrogens (tertiary/aromatic N) is 8. The molecule has 3 aromatic heterocycles. The van der Waals surface area contributed by atoms with Crippen LogP contribution in [0.3, 0.4) is 0 Å². The number of rotatable bonds is 8. The van der Waals surface area contributed by atoms with Gasteiger partial charge in [-0.3, -0.25) is 14.4 Å². The van der Waals surface area contributed by atoms with E-state index in [0.29, 0.717) is 43.3 Å². The van der Waals surface area contributed by atoms with Gasteiger partial charge in [0.05, 0.1) is 48.5 Å². The van der Waals surface area contributed by atoms with Gasteiger partial charge < -0.3 is 29.2 Å². The molecule has 2 aliphatic heterocycles. The second-order valence-corrected chi connectivity index (χ2v) is 11.6. The smallest absolute Gasteiger partial charge is 0.416 e. The van der Waals surface area contributed by atoms with Crippen LogP contribution in [0.25, 0.3) is 11.4 Å². The van der Waals surface area contributed by atoms with Crippen molar-refractivity contribution >= 4 is 46.1 Å². The molecule has 49 heavy (non-hydrogen) atoms. The Morgan fingerprint density at radius 3 is 2.59 bits per heavy atom. The molecule has 5 heterocycles. The lowest BCUT2D eigenvalue weighted by Gasteiger charge is -2.36. The average Bonchev–Trinajstić information content (AvgIpc) is 3.56. The van der Waals surface area contributed by atoms with Gasteiger partial charge in [0.25, 0.3) is 11.5 Å². The zero-order chi connectivity index (χ0) is 34.9. The van der Waals surface area contributed by atoms with E-state index in [-0.39, 0.29) is 66.6 Å². The molecule has 258 valence electrons. The Labute approximate surface area is 282 Å². The molecular weight excluding hydrogens is 671 g/mol. The number of methoxy groups -OCH3 is 1. The highest BCUT2D eigenvalue weighted by Crippen LogP contribution is 2.34. The monoisotopic (exact) mass is 701 g/mol. The first-order valence-corrected chi connectivity index (χ1v) is 15.7. The SMILES string of the molecule is CCc1c(N2CCN(C(=O)c3ncncc3OC)CC2)c(=O)n2nc(C3=CCOCC3)nc2n1CC(=O)Nc1ccc(C(F)(F)F)cc1Cl. The van der Waals surface area contributed by atoms with Gasteiger partial charge in [0.1, 0.15) is 18.6 Å². The van der Waals surface area contributed by atoms with E-state index in [4.69, 9.17) is 21.1 Å². The lowest BCUT2D eigenvalue weighted by molar-refractivity contribution is -0.137. The molecule has 1 saturated heterocycles. The minimum Gasteiger partial charge on any atom is -0.493 e. The van der Waals surface area contributed by atoms with Crippen molar-refractivity contribution in [3.05, 3.63) is 75.0 Å². The van der Waals surface area contributed by atoms with E-state index >= 15 is 0 Å². The van der Waals surface area contributed by atoms with Crippen molar-refractivity contribution in [3.63, 3.8) is 0 Å². The quantitative estimate of drug-likeness (QED) is 0.290. The zero-order valence-corrected chi connectivity index (χ0v) is 27.2. The second-order valence-electron chi connectivity index (χ2n) is 11.2. The maximum Gasteiger partial charge on any atom is 0.416 e. The predicted octanol–water partition coefficient (Wildman–Crippen LogP) is 3.33. The standard InChI is InChI=1S/C31H31ClF3N9O5/c1-3-22-26(41-8-10-42(11-9-41)28(46)25-23(48-2)15-36-17-37-25)29(47)44-30(39-27(40-44)18-6-12-49-13-7-18)43(22)16-24(45)38-21-5-4-19(14-20(21)32)31(33,34)35/h4-6,14-15,17H,3,7-13,16H2,1-2H3,(H,38,45). The maximum absolute atomic E-state index is 14.1. The van der Waals surface area contributed by atoms with Crippen LogP contribution in [-0.2, 0) is 28.7 Å². The van der Waals surface area contributed by atoms with Crippen LogP contribution in [0, 0.1) is 0 Å². The molecule has 14 nitrogen and oxygen atoms in total. The van der Waals surface area contributed by atoms with Crippen molar-refractivity contribution < 1.29 is 32.2 Å². The van der Waals surface area contributed by atoms with Crippen molar-refractivity contribution in [2.24, 2.45) is 0 Å². The van der Waals surface area contributed by atoms with E-state index in [1.54, 1.807) is 9.47 Å². The van der Waals surface area contributed by atoms with Crippen molar-refractivity contribution in [2.75, 3.05) is 56.7 Å². The van der Waals surface area contributed by atoms with E-state index in [1.165, 1.54) is 19.6 Å². The van der Waals surface area contributed by atoms with Gasteiger partial charge in [-0.15, -0.1) is 5.10 Å². The molecule has 6 rings (SSSR count). The Bertz CT molecular complexity index is 2000. The van der Waals surface area contributed by atoms with Gasteiger partial charge in [-0.25, -0.2) is 9.97 Å². The Kier molecular flexibility index (Phi) is 9.56. The minimum absolute atomic E-state index is 0.00868. The molecule has 0 aliphatic carbocycles. The highest BCUT2D eigenvalue weighted by Gasteiger charge is 2.32. The number of carbonyl (C=O) groups is 2. The number of ether oxygens (including phenoxy) is 2. The number of alkyl halides is 3. The molecule has 0 radical (unpaired) electrons. The van der Waals surface area contributed by atoms with Gasteiger partial charge in [0, 0.05) is 26.2 Å². The highest BCUT2D eigenvalue weighted by atomic mass is 35.5. The topological polar surface area (TPSA) is 149 Å². The summed E-state index contributed by atoms with van der Waals surface area (Å²) in [4.78, 5) is 57.0. The fourth-order valence-corrected chi connectivity index (χ4v) is 6.06. The first-order chi connectivity index (χ1) is 23.5. The minimum atomic E-state index is -4.60. The van der Waals surface area contributed by atoms with Crippen molar-refractivity contribution in [3.8, 4) is 5.75 Å². The van der Waals surface area contributed by atoms with E-state index in [1.807, 2.05) is 17.9 Å². The number of anilines is 2. The highest BCUT2D eigenvalue weighted by molar-refractivity contribution is 6.33. The lowest BCUT2D eigenvalue weighted by Crippen LogP contribution is -2.51. The molecule has 0 bridgehead atoms. The summed E-state index contributed by atoms with van der Waals surface area (Å²) in [6, 6.07) is 2.65. The van der Waals surface area contributed by atoms with Crippen LogP contribution in [0.2, 0.25) is 5.02 Å². The fourth-order valence-electron chi connectivity index (χ4n) is 5.83. The number of piperazine rings is 1. The molecule has 2 amide bonds. The molecule has 0 spiro atoms. The van der Waals surface area contributed by atoms with Crippen molar-refractivity contribution in [2.45, 2.75) is 32.5 Å².